The average Bonchev–Trinajstić information content (AvgIpc) is 2.33. The van der Waals surface area contributed by atoms with Crippen molar-refractivity contribution in [3.8, 4) is 0 Å². The molecule has 0 fully saturated rings. The van der Waals surface area contributed by atoms with E-state index < -0.39 is 0 Å². The van der Waals surface area contributed by atoms with Crippen molar-refractivity contribution in [2.45, 2.75) is 36.0 Å². The molecule has 0 saturated carbocycles. The first-order valence-electron chi connectivity index (χ1n) is 6.20. The summed E-state index contributed by atoms with van der Waals surface area (Å²) in [6.07, 6.45) is 0. The zero-order chi connectivity index (χ0) is 14.0. The Hall–Kier alpha value is -1.12. The summed E-state index contributed by atoms with van der Waals surface area (Å²) in [6.45, 7) is 6.64. The summed E-state index contributed by atoms with van der Waals surface area (Å²) in [5.41, 5.74) is 8.22. The quantitative estimate of drug-likeness (QED) is 0.753. The summed E-state index contributed by atoms with van der Waals surface area (Å²) in [5, 5.41) is 0.711. The highest BCUT2D eigenvalue weighted by Crippen LogP contribution is 2.34. The molecule has 0 aliphatic heterocycles. The smallest absolute Gasteiger partial charge is 0.0456 e. The number of nitrogen functional groups attached to an aromatic ring is 1. The monoisotopic (exact) mass is 291 g/mol. The molecule has 0 heterocycles. The molecule has 3 heteroatoms. The largest absolute Gasteiger partial charge is 0.398 e. The van der Waals surface area contributed by atoms with Crippen LogP contribution in [0.15, 0.2) is 52.3 Å². The van der Waals surface area contributed by atoms with E-state index >= 15 is 0 Å². The third-order valence-electron chi connectivity index (χ3n) is 2.92. The fraction of sp³-hybridized carbons (Fsp3) is 0.250. The maximum absolute atomic E-state index is 6.00. The molecular formula is C16H18ClNS. The maximum Gasteiger partial charge on any atom is 0.0456 e. The molecule has 0 aromatic heterocycles. The highest BCUT2D eigenvalue weighted by Gasteiger charge is 2.13. The van der Waals surface area contributed by atoms with Gasteiger partial charge >= 0.3 is 0 Å². The van der Waals surface area contributed by atoms with Gasteiger partial charge in [0.05, 0.1) is 0 Å². The lowest BCUT2D eigenvalue weighted by atomic mass is 9.87. The number of anilines is 1. The van der Waals surface area contributed by atoms with Gasteiger partial charge in [-0.1, -0.05) is 56.3 Å². The molecule has 0 aliphatic carbocycles. The van der Waals surface area contributed by atoms with Gasteiger partial charge in [-0.15, -0.1) is 0 Å². The number of benzene rings is 2. The van der Waals surface area contributed by atoms with Crippen molar-refractivity contribution in [1.29, 1.82) is 0 Å². The van der Waals surface area contributed by atoms with Crippen molar-refractivity contribution in [2.24, 2.45) is 0 Å². The van der Waals surface area contributed by atoms with E-state index in [1.165, 1.54) is 10.5 Å². The Kier molecular flexibility index (Phi) is 4.12. The second-order valence-corrected chi connectivity index (χ2v) is 7.11. The Balaban J connectivity index is 2.22. The molecule has 0 atom stereocenters. The van der Waals surface area contributed by atoms with Crippen LogP contribution < -0.4 is 5.73 Å². The molecule has 2 aromatic rings. The van der Waals surface area contributed by atoms with Crippen molar-refractivity contribution in [1.82, 2.24) is 0 Å². The first-order valence-corrected chi connectivity index (χ1v) is 7.39. The number of hydrogen-bond acceptors (Lipinski definition) is 2. The molecule has 2 aromatic carbocycles. The van der Waals surface area contributed by atoms with Gasteiger partial charge in [0, 0.05) is 20.5 Å². The van der Waals surface area contributed by atoms with E-state index in [2.05, 4.69) is 45.0 Å². The van der Waals surface area contributed by atoms with Gasteiger partial charge in [-0.25, -0.2) is 0 Å². The predicted octanol–water partition coefficient (Wildman–Crippen LogP) is 5.37. The number of nitrogens with two attached hydrogens (primary N) is 1. The molecule has 2 rings (SSSR count). The third kappa shape index (κ3) is 3.68. The predicted molar refractivity (Wildman–Crippen MR) is 85.1 cm³/mol. The summed E-state index contributed by atoms with van der Waals surface area (Å²) in [6, 6.07) is 14.2. The minimum Gasteiger partial charge on any atom is -0.398 e. The Bertz CT molecular complexity index is 570. The summed E-state index contributed by atoms with van der Waals surface area (Å²) < 4.78 is 0. The van der Waals surface area contributed by atoms with E-state index in [1.54, 1.807) is 11.8 Å². The van der Waals surface area contributed by atoms with Crippen LogP contribution >= 0.6 is 23.4 Å². The van der Waals surface area contributed by atoms with Crippen molar-refractivity contribution in [3.63, 3.8) is 0 Å². The molecule has 19 heavy (non-hydrogen) atoms. The molecule has 0 saturated heterocycles. The molecule has 0 unspecified atom stereocenters. The summed E-state index contributed by atoms with van der Waals surface area (Å²) in [7, 11) is 0. The molecule has 0 radical (unpaired) electrons. The number of halogens is 1. The molecule has 0 aliphatic rings. The normalized spacial score (nSPS) is 11.6. The zero-order valence-corrected chi connectivity index (χ0v) is 13.0. The molecule has 1 nitrogen and oxygen atoms in total. The van der Waals surface area contributed by atoms with Gasteiger partial charge in [0.1, 0.15) is 0 Å². The van der Waals surface area contributed by atoms with Gasteiger partial charge in [-0.3, -0.25) is 0 Å². The zero-order valence-electron chi connectivity index (χ0n) is 11.4. The molecule has 2 N–H and O–H groups in total. The van der Waals surface area contributed by atoms with Crippen molar-refractivity contribution in [2.75, 3.05) is 5.73 Å². The number of rotatable bonds is 2. The van der Waals surface area contributed by atoms with Gasteiger partial charge in [0.25, 0.3) is 0 Å². The SMILES string of the molecule is CC(C)(C)c1ccc(Sc2cc(Cl)ccc2N)cc1. The molecule has 100 valence electrons. The van der Waals surface area contributed by atoms with E-state index in [9.17, 15) is 0 Å². The van der Waals surface area contributed by atoms with Crippen molar-refractivity contribution in [3.05, 3.63) is 53.1 Å². The van der Waals surface area contributed by atoms with Crippen LogP contribution in [0, 0.1) is 0 Å². The fourth-order valence-electron chi connectivity index (χ4n) is 1.75. The minimum absolute atomic E-state index is 0.179. The van der Waals surface area contributed by atoms with Crippen LogP contribution in [-0.4, -0.2) is 0 Å². The van der Waals surface area contributed by atoms with Gasteiger partial charge in [0.2, 0.25) is 0 Å². The minimum atomic E-state index is 0.179. The first kappa shape index (κ1) is 14.3. The Morgan fingerprint density at radius 1 is 1.00 bits per heavy atom. The fourth-order valence-corrected chi connectivity index (χ4v) is 2.88. The third-order valence-corrected chi connectivity index (χ3v) is 4.24. The van der Waals surface area contributed by atoms with Crippen LogP contribution in [0.4, 0.5) is 5.69 Å². The number of hydrogen-bond donors (Lipinski definition) is 1. The first-order chi connectivity index (χ1) is 8.86. The highest BCUT2D eigenvalue weighted by atomic mass is 35.5. The topological polar surface area (TPSA) is 26.0 Å². The standard InChI is InChI=1S/C16H18ClNS/c1-16(2,3)11-4-7-13(8-5-11)19-15-10-12(17)6-9-14(15)18/h4-10H,18H2,1-3H3. The van der Waals surface area contributed by atoms with Crippen LogP contribution in [0.5, 0.6) is 0 Å². The van der Waals surface area contributed by atoms with Gasteiger partial charge in [-0.2, -0.15) is 0 Å². The Labute approximate surface area is 124 Å². The summed E-state index contributed by atoms with van der Waals surface area (Å²) >= 11 is 7.64. The van der Waals surface area contributed by atoms with Gasteiger partial charge in [-0.05, 0) is 41.3 Å². The van der Waals surface area contributed by atoms with Crippen LogP contribution in [0.3, 0.4) is 0 Å². The molecule has 0 bridgehead atoms. The van der Waals surface area contributed by atoms with E-state index in [0.29, 0.717) is 5.02 Å². The van der Waals surface area contributed by atoms with Crippen LogP contribution in [-0.2, 0) is 5.41 Å². The second kappa shape index (κ2) is 5.48. The van der Waals surface area contributed by atoms with Gasteiger partial charge < -0.3 is 5.73 Å². The second-order valence-electron chi connectivity index (χ2n) is 5.56. The lowest BCUT2D eigenvalue weighted by Crippen LogP contribution is -2.10. The van der Waals surface area contributed by atoms with Crippen molar-refractivity contribution < 1.29 is 0 Å². The Morgan fingerprint density at radius 2 is 1.63 bits per heavy atom. The Morgan fingerprint density at radius 3 is 2.21 bits per heavy atom. The lowest BCUT2D eigenvalue weighted by molar-refractivity contribution is 0.590. The van der Waals surface area contributed by atoms with Gasteiger partial charge in [0.15, 0.2) is 0 Å². The maximum atomic E-state index is 6.00. The van der Waals surface area contributed by atoms with E-state index in [-0.39, 0.29) is 5.41 Å². The highest BCUT2D eigenvalue weighted by molar-refractivity contribution is 7.99. The van der Waals surface area contributed by atoms with Crippen LogP contribution in [0.2, 0.25) is 5.02 Å². The van der Waals surface area contributed by atoms with Crippen LogP contribution in [0.1, 0.15) is 26.3 Å². The van der Waals surface area contributed by atoms with Crippen LogP contribution in [0.25, 0.3) is 0 Å². The lowest BCUT2D eigenvalue weighted by Gasteiger charge is -2.19. The molecule has 0 spiro atoms. The van der Waals surface area contributed by atoms with E-state index in [1.807, 2.05) is 18.2 Å². The van der Waals surface area contributed by atoms with E-state index in [0.717, 1.165) is 10.6 Å². The molecule has 0 amide bonds. The van der Waals surface area contributed by atoms with E-state index in [4.69, 9.17) is 17.3 Å². The summed E-state index contributed by atoms with van der Waals surface area (Å²) in [5.74, 6) is 0. The van der Waals surface area contributed by atoms with Crippen molar-refractivity contribution >= 4 is 29.1 Å². The average molecular weight is 292 g/mol. The summed E-state index contributed by atoms with van der Waals surface area (Å²) in [4.78, 5) is 2.16. The molecular weight excluding hydrogens is 274 g/mol.